The average Bonchev–Trinajstić information content (AvgIpc) is 2.59. The minimum Gasteiger partial charge on any atom is -0.493 e. The fourth-order valence-corrected chi connectivity index (χ4v) is 1.87. The lowest BCUT2D eigenvalue weighted by Gasteiger charge is -2.12. The van der Waals surface area contributed by atoms with Crippen LogP contribution in [-0.2, 0) is 16.0 Å². The van der Waals surface area contributed by atoms with Crippen LogP contribution in [0.5, 0.6) is 5.75 Å². The van der Waals surface area contributed by atoms with E-state index in [-0.39, 0.29) is 0 Å². The van der Waals surface area contributed by atoms with Gasteiger partial charge in [0.25, 0.3) is 0 Å². The van der Waals surface area contributed by atoms with Crippen molar-refractivity contribution in [3.8, 4) is 5.75 Å². The Hall–Kier alpha value is -2.34. The summed E-state index contributed by atoms with van der Waals surface area (Å²) in [5, 5.41) is 18.3. The van der Waals surface area contributed by atoms with Crippen LogP contribution in [0.4, 0.5) is 0 Å². The van der Waals surface area contributed by atoms with Gasteiger partial charge in [-0.25, -0.2) is 9.59 Å². The standard InChI is InChI=1S/C17H27NO.C2H2O4/c1-4-10-16-11-6-7-12-17(16)19-14-9-8-13-18-15(3)5-2;3-1(4)2(5)6/h4,6-7,11-12,15,18H,1,5,8-10,13-14H2,2-3H3;(H,3,4)(H,5,6). The van der Waals surface area contributed by atoms with Gasteiger partial charge in [-0.05, 0) is 50.8 Å². The fraction of sp³-hybridized carbons (Fsp3) is 0.474. The molecule has 0 fully saturated rings. The third-order valence-corrected chi connectivity index (χ3v) is 3.45. The number of nitrogens with one attached hydrogen (secondary N) is 1. The summed E-state index contributed by atoms with van der Waals surface area (Å²) in [5.41, 5.74) is 1.22. The Bertz CT molecular complexity index is 518. The highest BCUT2D eigenvalue weighted by molar-refractivity contribution is 6.27. The Morgan fingerprint density at radius 1 is 1.24 bits per heavy atom. The van der Waals surface area contributed by atoms with Gasteiger partial charge in [0.15, 0.2) is 0 Å². The molecular formula is C19H29NO5. The Morgan fingerprint density at radius 2 is 1.88 bits per heavy atom. The molecule has 0 saturated heterocycles. The molecule has 1 aromatic carbocycles. The van der Waals surface area contributed by atoms with Crippen molar-refractivity contribution in [2.75, 3.05) is 13.2 Å². The van der Waals surface area contributed by atoms with Crippen LogP contribution >= 0.6 is 0 Å². The first kappa shape index (κ1) is 22.7. The molecule has 0 saturated carbocycles. The molecule has 1 atom stereocenters. The van der Waals surface area contributed by atoms with Crippen LogP contribution in [0.25, 0.3) is 0 Å². The van der Waals surface area contributed by atoms with Gasteiger partial charge in [0.1, 0.15) is 5.75 Å². The molecule has 0 aliphatic heterocycles. The second-order valence-corrected chi connectivity index (χ2v) is 5.53. The van der Waals surface area contributed by atoms with Crippen molar-refractivity contribution in [1.29, 1.82) is 0 Å². The number of benzene rings is 1. The molecule has 1 rings (SSSR count). The first-order valence-electron chi connectivity index (χ1n) is 8.43. The predicted molar refractivity (Wildman–Crippen MR) is 98.1 cm³/mol. The van der Waals surface area contributed by atoms with E-state index in [1.54, 1.807) is 0 Å². The number of carboxylic acids is 2. The number of carbonyl (C=O) groups is 2. The number of carboxylic acid groups (broad SMARTS) is 2. The van der Waals surface area contributed by atoms with Gasteiger partial charge in [0, 0.05) is 6.04 Å². The Kier molecular flexibility index (Phi) is 12.7. The number of unbranched alkanes of at least 4 members (excludes halogenated alkanes) is 1. The van der Waals surface area contributed by atoms with Crippen LogP contribution in [0.3, 0.4) is 0 Å². The molecule has 6 nitrogen and oxygen atoms in total. The van der Waals surface area contributed by atoms with Crippen molar-refractivity contribution >= 4 is 11.9 Å². The van der Waals surface area contributed by atoms with Gasteiger partial charge < -0.3 is 20.3 Å². The number of rotatable bonds is 10. The number of ether oxygens (including phenoxy) is 1. The molecule has 0 spiro atoms. The normalized spacial score (nSPS) is 11.0. The summed E-state index contributed by atoms with van der Waals surface area (Å²) in [7, 11) is 0. The van der Waals surface area contributed by atoms with Gasteiger partial charge in [0.2, 0.25) is 0 Å². The number of hydrogen-bond acceptors (Lipinski definition) is 4. The lowest BCUT2D eigenvalue weighted by molar-refractivity contribution is -0.159. The maximum atomic E-state index is 9.10. The fourth-order valence-electron chi connectivity index (χ4n) is 1.87. The van der Waals surface area contributed by atoms with E-state index in [0.29, 0.717) is 6.04 Å². The molecule has 0 heterocycles. The lowest BCUT2D eigenvalue weighted by atomic mass is 10.1. The monoisotopic (exact) mass is 351 g/mol. The van der Waals surface area contributed by atoms with E-state index in [1.165, 1.54) is 12.0 Å². The lowest BCUT2D eigenvalue weighted by Crippen LogP contribution is -2.26. The summed E-state index contributed by atoms with van der Waals surface area (Å²) in [4.78, 5) is 18.2. The summed E-state index contributed by atoms with van der Waals surface area (Å²) < 4.78 is 5.85. The van der Waals surface area contributed by atoms with Gasteiger partial charge in [-0.15, -0.1) is 6.58 Å². The molecule has 1 unspecified atom stereocenters. The summed E-state index contributed by atoms with van der Waals surface area (Å²) in [6.45, 7) is 10.1. The molecule has 3 N–H and O–H groups in total. The van der Waals surface area contributed by atoms with E-state index in [2.05, 4.69) is 31.8 Å². The molecule has 1 aromatic rings. The molecule has 0 aliphatic carbocycles. The highest BCUT2D eigenvalue weighted by atomic mass is 16.5. The molecule has 0 aromatic heterocycles. The summed E-state index contributed by atoms with van der Waals surface area (Å²) in [6, 6.07) is 8.82. The van der Waals surface area contributed by atoms with Gasteiger partial charge in [-0.3, -0.25) is 0 Å². The third-order valence-electron chi connectivity index (χ3n) is 3.45. The largest absolute Gasteiger partial charge is 0.493 e. The smallest absolute Gasteiger partial charge is 0.414 e. The van der Waals surface area contributed by atoms with Crippen molar-refractivity contribution in [2.24, 2.45) is 0 Å². The number of hydrogen-bond donors (Lipinski definition) is 3. The van der Waals surface area contributed by atoms with E-state index in [4.69, 9.17) is 24.5 Å². The Morgan fingerprint density at radius 3 is 2.44 bits per heavy atom. The van der Waals surface area contributed by atoms with Gasteiger partial charge in [0.05, 0.1) is 6.61 Å². The summed E-state index contributed by atoms with van der Waals surface area (Å²) in [6.07, 6.45) is 6.22. The zero-order chi connectivity index (χ0) is 19.1. The van der Waals surface area contributed by atoms with Crippen LogP contribution in [0.1, 0.15) is 38.7 Å². The van der Waals surface area contributed by atoms with Gasteiger partial charge in [-0.2, -0.15) is 0 Å². The quantitative estimate of drug-likeness (QED) is 0.340. The first-order valence-corrected chi connectivity index (χ1v) is 8.43. The zero-order valence-corrected chi connectivity index (χ0v) is 15.0. The van der Waals surface area contributed by atoms with Crippen molar-refractivity contribution in [1.82, 2.24) is 5.32 Å². The topological polar surface area (TPSA) is 95.9 Å². The first-order chi connectivity index (χ1) is 11.9. The van der Waals surface area contributed by atoms with Gasteiger partial charge >= 0.3 is 11.9 Å². The van der Waals surface area contributed by atoms with Gasteiger partial charge in [-0.1, -0.05) is 31.2 Å². The van der Waals surface area contributed by atoms with Crippen molar-refractivity contribution in [3.63, 3.8) is 0 Å². The SMILES string of the molecule is C=CCc1ccccc1OCCCCNC(C)CC.O=C(O)C(=O)O. The van der Waals surface area contributed by atoms with Crippen molar-refractivity contribution < 1.29 is 24.5 Å². The third kappa shape index (κ3) is 11.8. The average molecular weight is 351 g/mol. The Labute approximate surface area is 149 Å². The number of allylic oxidation sites excluding steroid dienone is 1. The maximum Gasteiger partial charge on any atom is 0.414 e. The minimum atomic E-state index is -1.82. The van der Waals surface area contributed by atoms with E-state index in [1.807, 2.05) is 24.3 Å². The molecule has 0 amide bonds. The molecule has 0 aliphatic rings. The van der Waals surface area contributed by atoms with Crippen molar-refractivity contribution in [2.45, 2.75) is 45.6 Å². The molecule has 6 heteroatoms. The highest BCUT2D eigenvalue weighted by Gasteiger charge is 2.04. The summed E-state index contributed by atoms with van der Waals surface area (Å²) >= 11 is 0. The second-order valence-electron chi connectivity index (χ2n) is 5.53. The van der Waals surface area contributed by atoms with Crippen LogP contribution in [0.15, 0.2) is 36.9 Å². The summed E-state index contributed by atoms with van der Waals surface area (Å²) in [5.74, 6) is -2.65. The number of para-hydroxylation sites is 1. The van der Waals surface area contributed by atoms with E-state index in [0.717, 1.165) is 38.2 Å². The Balaban J connectivity index is 0.000000823. The molecule has 0 bridgehead atoms. The molecule has 25 heavy (non-hydrogen) atoms. The van der Waals surface area contributed by atoms with E-state index in [9.17, 15) is 0 Å². The van der Waals surface area contributed by atoms with E-state index >= 15 is 0 Å². The van der Waals surface area contributed by atoms with E-state index < -0.39 is 11.9 Å². The van der Waals surface area contributed by atoms with Crippen molar-refractivity contribution in [3.05, 3.63) is 42.5 Å². The zero-order valence-electron chi connectivity index (χ0n) is 15.0. The highest BCUT2D eigenvalue weighted by Crippen LogP contribution is 2.18. The maximum absolute atomic E-state index is 9.10. The predicted octanol–water partition coefficient (Wildman–Crippen LogP) is 3.12. The molecule has 0 radical (unpaired) electrons. The van der Waals surface area contributed by atoms with Crippen LogP contribution in [0, 0.1) is 0 Å². The minimum absolute atomic E-state index is 0.620. The van der Waals surface area contributed by atoms with Crippen LogP contribution < -0.4 is 10.1 Å². The van der Waals surface area contributed by atoms with Crippen LogP contribution in [0.2, 0.25) is 0 Å². The molecule has 140 valence electrons. The molecular weight excluding hydrogens is 322 g/mol. The second kappa shape index (κ2) is 14.0. The van der Waals surface area contributed by atoms with Crippen LogP contribution in [-0.4, -0.2) is 41.3 Å². The number of aliphatic carboxylic acids is 2.